The predicted molar refractivity (Wildman–Crippen MR) is 103 cm³/mol. The molecule has 8 heteroatoms. The van der Waals surface area contributed by atoms with Crippen molar-refractivity contribution in [3.8, 4) is 0 Å². The number of carboxylic acids is 1. The Morgan fingerprint density at radius 3 is 2.62 bits per heavy atom. The number of hydrazine groups is 1. The van der Waals surface area contributed by atoms with Gasteiger partial charge in [0.1, 0.15) is 0 Å². The summed E-state index contributed by atoms with van der Waals surface area (Å²) in [7, 11) is 0. The van der Waals surface area contributed by atoms with Gasteiger partial charge in [-0.25, -0.2) is 4.79 Å². The largest absolute Gasteiger partial charge is 0.478 e. The molecular weight excluding hydrogens is 372 g/mol. The lowest BCUT2D eigenvalue weighted by molar-refractivity contribution is -0.136. The van der Waals surface area contributed by atoms with Crippen molar-refractivity contribution in [3.05, 3.63) is 40.3 Å². The molecule has 0 bridgehead atoms. The molecular formula is C18H18N2O4S2. The third-order valence-electron chi connectivity index (χ3n) is 4.47. The van der Waals surface area contributed by atoms with Crippen LogP contribution in [0.5, 0.6) is 0 Å². The van der Waals surface area contributed by atoms with Gasteiger partial charge < -0.3 is 5.11 Å². The first-order valence-corrected chi connectivity index (χ1v) is 9.60. The number of benzene rings is 1. The van der Waals surface area contributed by atoms with Gasteiger partial charge >= 0.3 is 5.97 Å². The Kier molecular flexibility index (Phi) is 5.73. The maximum Gasteiger partial charge on any atom is 0.336 e. The van der Waals surface area contributed by atoms with Crippen molar-refractivity contribution in [2.75, 3.05) is 0 Å². The van der Waals surface area contributed by atoms with Crippen LogP contribution < -0.4 is 5.43 Å². The third kappa shape index (κ3) is 3.96. The second-order valence-electron chi connectivity index (χ2n) is 6.22. The maximum atomic E-state index is 12.6. The number of amides is 2. The Hall–Kier alpha value is -2.19. The van der Waals surface area contributed by atoms with Gasteiger partial charge in [-0.2, -0.15) is 5.01 Å². The summed E-state index contributed by atoms with van der Waals surface area (Å²) >= 11 is 6.26. The lowest BCUT2D eigenvalue weighted by Gasteiger charge is -2.23. The molecule has 2 amide bonds. The van der Waals surface area contributed by atoms with Gasteiger partial charge in [0.15, 0.2) is 4.32 Å². The van der Waals surface area contributed by atoms with Crippen LogP contribution in [0, 0.1) is 5.92 Å². The second kappa shape index (κ2) is 8.01. The van der Waals surface area contributed by atoms with Crippen molar-refractivity contribution in [1.29, 1.82) is 0 Å². The minimum absolute atomic E-state index is 0.0925. The van der Waals surface area contributed by atoms with Gasteiger partial charge in [0.25, 0.3) is 5.91 Å². The smallest absolute Gasteiger partial charge is 0.336 e. The Morgan fingerprint density at radius 2 is 1.92 bits per heavy atom. The lowest BCUT2D eigenvalue weighted by Crippen LogP contribution is -2.47. The van der Waals surface area contributed by atoms with Gasteiger partial charge in [0.2, 0.25) is 5.91 Å². The van der Waals surface area contributed by atoms with Gasteiger partial charge in [-0.3, -0.25) is 15.0 Å². The average molecular weight is 390 g/mol. The van der Waals surface area contributed by atoms with E-state index in [9.17, 15) is 19.5 Å². The SMILES string of the molecule is O=C(O)c1ccccc1/C=C1/SC(=S)N(NC(=O)C2CCCCC2)C1=O. The number of nitrogens with zero attached hydrogens (tertiary/aromatic N) is 1. The van der Waals surface area contributed by atoms with Gasteiger partial charge in [0, 0.05) is 5.92 Å². The average Bonchev–Trinajstić information content (AvgIpc) is 2.90. The first kappa shape index (κ1) is 18.6. The zero-order valence-corrected chi connectivity index (χ0v) is 15.6. The quantitative estimate of drug-likeness (QED) is 0.606. The standard InChI is InChI=1S/C18H18N2O4S2/c21-15(11-6-2-1-3-7-11)19-20-16(22)14(26-18(20)25)10-12-8-4-5-9-13(12)17(23)24/h4-5,8-11H,1-3,6-7H2,(H,19,21)(H,23,24)/b14-10+. The summed E-state index contributed by atoms with van der Waals surface area (Å²) in [5.41, 5.74) is 3.14. The number of rotatable bonds is 4. The van der Waals surface area contributed by atoms with E-state index in [4.69, 9.17) is 12.2 Å². The highest BCUT2D eigenvalue weighted by Gasteiger charge is 2.35. The van der Waals surface area contributed by atoms with Gasteiger partial charge in [-0.15, -0.1) is 0 Å². The summed E-state index contributed by atoms with van der Waals surface area (Å²) < 4.78 is 0.234. The molecule has 1 saturated heterocycles. The molecule has 1 heterocycles. The van der Waals surface area contributed by atoms with Crippen molar-refractivity contribution in [1.82, 2.24) is 10.4 Å². The molecule has 2 aliphatic rings. The van der Waals surface area contributed by atoms with Crippen LogP contribution in [0.4, 0.5) is 0 Å². The van der Waals surface area contributed by atoms with Crippen LogP contribution in [-0.4, -0.2) is 32.2 Å². The fourth-order valence-electron chi connectivity index (χ4n) is 3.09. The van der Waals surface area contributed by atoms with E-state index >= 15 is 0 Å². The molecule has 1 aliphatic heterocycles. The first-order valence-electron chi connectivity index (χ1n) is 8.38. The molecule has 0 radical (unpaired) electrons. The number of carbonyl (C=O) groups excluding carboxylic acids is 2. The maximum absolute atomic E-state index is 12.6. The molecule has 26 heavy (non-hydrogen) atoms. The molecule has 0 aromatic heterocycles. The number of nitrogens with one attached hydrogen (secondary N) is 1. The Labute approximate surface area is 160 Å². The predicted octanol–water partition coefficient (Wildman–Crippen LogP) is 3.20. The van der Waals surface area contributed by atoms with Crippen molar-refractivity contribution < 1.29 is 19.5 Å². The lowest BCUT2D eigenvalue weighted by atomic mass is 9.89. The number of aromatic carboxylic acids is 1. The molecule has 1 saturated carbocycles. The topological polar surface area (TPSA) is 86.7 Å². The highest BCUT2D eigenvalue weighted by molar-refractivity contribution is 8.26. The highest BCUT2D eigenvalue weighted by atomic mass is 32.2. The molecule has 0 unspecified atom stereocenters. The van der Waals surface area contributed by atoms with E-state index < -0.39 is 11.9 Å². The zero-order valence-electron chi connectivity index (χ0n) is 13.9. The van der Waals surface area contributed by atoms with Crippen LogP contribution in [0.25, 0.3) is 6.08 Å². The van der Waals surface area contributed by atoms with Gasteiger partial charge in [-0.1, -0.05) is 49.2 Å². The Bertz CT molecular complexity index is 800. The fourth-order valence-corrected chi connectivity index (χ4v) is 4.26. The van der Waals surface area contributed by atoms with Crippen LogP contribution in [0.3, 0.4) is 0 Å². The van der Waals surface area contributed by atoms with Crippen LogP contribution in [0.2, 0.25) is 0 Å². The molecule has 2 N–H and O–H groups in total. The molecule has 1 aromatic rings. The number of thioether (sulfide) groups is 1. The van der Waals surface area contributed by atoms with E-state index in [0.717, 1.165) is 48.9 Å². The molecule has 3 rings (SSSR count). The first-order chi connectivity index (χ1) is 12.5. The van der Waals surface area contributed by atoms with Crippen molar-refractivity contribution in [3.63, 3.8) is 0 Å². The number of hydrogen-bond donors (Lipinski definition) is 2. The van der Waals surface area contributed by atoms with Crippen molar-refractivity contribution >= 4 is 52.2 Å². The minimum atomic E-state index is -1.07. The third-order valence-corrected chi connectivity index (χ3v) is 5.77. The van der Waals surface area contributed by atoms with E-state index in [2.05, 4.69) is 5.43 Å². The highest BCUT2D eigenvalue weighted by Crippen LogP contribution is 2.32. The normalized spacial score (nSPS) is 19.8. The zero-order chi connectivity index (χ0) is 18.7. The van der Waals surface area contributed by atoms with Gasteiger partial charge in [0.05, 0.1) is 10.5 Å². The molecule has 6 nitrogen and oxygen atoms in total. The van der Waals surface area contributed by atoms with Crippen molar-refractivity contribution in [2.24, 2.45) is 5.92 Å². The van der Waals surface area contributed by atoms with Crippen molar-refractivity contribution in [2.45, 2.75) is 32.1 Å². The Morgan fingerprint density at radius 1 is 1.23 bits per heavy atom. The summed E-state index contributed by atoms with van der Waals surface area (Å²) in [6, 6.07) is 6.41. The van der Waals surface area contributed by atoms with E-state index in [0.29, 0.717) is 5.56 Å². The number of carboxylic acid groups (broad SMARTS) is 1. The second-order valence-corrected chi connectivity index (χ2v) is 7.90. The van der Waals surface area contributed by atoms with Gasteiger partial charge in [-0.05, 0) is 42.8 Å². The van der Waals surface area contributed by atoms with Crippen LogP contribution in [0.1, 0.15) is 48.0 Å². The van der Waals surface area contributed by atoms with E-state index in [1.807, 2.05) is 0 Å². The molecule has 1 aromatic carbocycles. The summed E-state index contributed by atoms with van der Waals surface area (Å²) in [6.45, 7) is 0. The molecule has 1 aliphatic carbocycles. The fraction of sp³-hybridized carbons (Fsp3) is 0.333. The number of thiocarbonyl (C=S) groups is 1. The summed E-state index contributed by atoms with van der Waals surface area (Å²) in [5.74, 6) is -1.79. The molecule has 136 valence electrons. The summed E-state index contributed by atoms with van der Waals surface area (Å²) in [5, 5.41) is 10.3. The van der Waals surface area contributed by atoms with E-state index in [-0.39, 0.29) is 26.6 Å². The minimum Gasteiger partial charge on any atom is -0.478 e. The monoisotopic (exact) mass is 390 g/mol. The van der Waals surface area contributed by atoms with Crippen LogP contribution in [-0.2, 0) is 9.59 Å². The molecule has 0 spiro atoms. The van der Waals surface area contributed by atoms with E-state index in [1.54, 1.807) is 18.2 Å². The Balaban J connectivity index is 1.76. The van der Waals surface area contributed by atoms with Crippen LogP contribution >= 0.6 is 24.0 Å². The molecule has 0 atom stereocenters. The van der Waals surface area contributed by atoms with Crippen LogP contribution in [0.15, 0.2) is 29.2 Å². The number of carbonyl (C=O) groups is 3. The number of hydrogen-bond acceptors (Lipinski definition) is 5. The summed E-state index contributed by atoms with van der Waals surface area (Å²) in [4.78, 5) is 36.6. The van der Waals surface area contributed by atoms with E-state index in [1.165, 1.54) is 12.1 Å². The molecule has 2 fully saturated rings. The summed E-state index contributed by atoms with van der Waals surface area (Å²) in [6.07, 6.45) is 6.31.